The van der Waals surface area contributed by atoms with E-state index in [1.54, 1.807) is 18.7 Å². The van der Waals surface area contributed by atoms with Crippen molar-refractivity contribution < 1.29 is 26.0 Å². The Morgan fingerprint density at radius 3 is 2.67 bits per heavy atom. The zero-order chi connectivity index (χ0) is 25.6. The molecule has 0 bridgehead atoms. The summed E-state index contributed by atoms with van der Waals surface area (Å²) in [4.78, 5) is 43.3. The Hall–Kier alpha value is -2.37. The molecule has 0 aromatic heterocycles. The van der Waals surface area contributed by atoms with Crippen LogP contribution in [0.3, 0.4) is 0 Å². The molecule has 2 aliphatic heterocycles. The fourth-order valence-electron chi connectivity index (χ4n) is 5.41. The van der Waals surface area contributed by atoms with Crippen LogP contribution in [0.2, 0.25) is 0 Å². The second kappa shape index (κ2) is 8.78. The van der Waals surface area contributed by atoms with Crippen molar-refractivity contribution in [2.24, 2.45) is 5.92 Å². The topological polar surface area (TPSA) is 66.9 Å². The largest absolute Gasteiger partial charge is 0.464 e. The number of carbonyl (C=O) groups is 3. The van der Waals surface area contributed by atoms with Crippen molar-refractivity contribution >= 4 is 17.8 Å². The standard InChI is InChI=1S/C24H32N2O4/c1-3-30-24(29)20(14-13-17-9-5-4-6-10-17)25-16(2)22(27)26-19-12-8-7-11-18(19)15-21(26)23(25)28/h4-6,9-10,16,18-21H,3,7-8,11-15H2,1-2H3/t16-,18+,19-,20-,21-/m0/s1/i4D,5D,6D,9D,10D. The lowest BCUT2D eigenvalue weighted by molar-refractivity contribution is -0.170. The molecule has 0 spiro atoms. The molecule has 4 rings (SSSR count). The third-order valence-electron chi connectivity index (χ3n) is 6.77. The normalized spacial score (nSPS) is 31.7. The molecular weight excluding hydrogens is 380 g/mol. The first-order chi connectivity index (χ1) is 16.6. The Labute approximate surface area is 185 Å². The summed E-state index contributed by atoms with van der Waals surface area (Å²) >= 11 is 0. The highest BCUT2D eigenvalue weighted by Gasteiger charge is 2.55. The first-order valence-corrected chi connectivity index (χ1v) is 11.0. The number of hydrogen-bond donors (Lipinski definition) is 0. The molecule has 5 atom stereocenters. The number of carbonyl (C=O) groups excluding carboxylic acids is 3. The third-order valence-corrected chi connectivity index (χ3v) is 6.77. The van der Waals surface area contributed by atoms with E-state index in [9.17, 15) is 14.4 Å². The van der Waals surface area contributed by atoms with Crippen molar-refractivity contribution in [2.75, 3.05) is 6.61 Å². The minimum Gasteiger partial charge on any atom is -0.464 e. The number of amides is 2. The van der Waals surface area contributed by atoms with Crippen LogP contribution in [0.25, 0.3) is 0 Å². The van der Waals surface area contributed by atoms with Gasteiger partial charge in [0.1, 0.15) is 18.1 Å². The van der Waals surface area contributed by atoms with Gasteiger partial charge in [0, 0.05) is 6.04 Å². The lowest BCUT2D eigenvalue weighted by Gasteiger charge is -2.46. The van der Waals surface area contributed by atoms with Crippen molar-refractivity contribution in [3.8, 4) is 0 Å². The number of rotatable bonds is 6. The smallest absolute Gasteiger partial charge is 0.328 e. The van der Waals surface area contributed by atoms with Crippen LogP contribution in [0.5, 0.6) is 0 Å². The fourth-order valence-corrected chi connectivity index (χ4v) is 5.41. The van der Waals surface area contributed by atoms with Crippen molar-refractivity contribution in [3.63, 3.8) is 0 Å². The first kappa shape index (κ1) is 15.4. The summed E-state index contributed by atoms with van der Waals surface area (Å²) in [5, 5.41) is 0. The molecule has 6 nitrogen and oxygen atoms in total. The number of fused-ring (bicyclic) bond motifs is 3. The number of esters is 1. The number of nitrogens with zero attached hydrogens (tertiary/aromatic N) is 2. The highest BCUT2D eigenvalue weighted by molar-refractivity contribution is 5.99. The molecule has 1 aliphatic carbocycles. The molecule has 1 aromatic carbocycles. The van der Waals surface area contributed by atoms with E-state index in [1.165, 1.54) is 4.90 Å². The Morgan fingerprint density at radius 1 is 1.20 bits per heavy atom. The van der Waals surface area contributed by atoms with Gasteiger partial charge >= 0.3 is 5.97 Å². The second-order valence-corrected chi connectivity index (χ2v) is 8.44. The van der Waals surface area contributed by atoms with Gasteiger partial charge in [0.05, 0.1) is 13.5 Å². The number of piperazine rings is 1. The lowest BCUT2D eigenvalue weighted by atomic mass is 9.85. The van der Waals surface area contributed by atoms with Crippen LogP contribution in [0.4, 0.5) is 0 Å². The fraction of sp³-hybridized carbons (Fsp3) is 0.625. The van der Waals surface area contributed by atoms with Gasteiger partial charge in [-0.25, -0.2) is 4.79 Å². The van der Waals surface area contributed by atoms with Gasteiger partial charge in [-0.1, -0.05) is 43.1 Å². The third kappa shape index (κ3) is 3.72. The zero-order valence-corrected chi connectivity index (χ0v) is 17.6. The van der Waals surface area contributed by atoms with Crippen LogP contribution in [0.1, 0.15) is 64.8 Å². The number of benzene rings is 1. The number of hydrogen-bond acceptors (Lipinski definition) is 4. The van der Waals surface area contributed by atoms with E-state index in [-0.39, 0.29) is 55.0 Å². The highest BCUT2D eigenvalue weighted by Crippen LogP contribution is 2.43. The maximum absolute atomic E-state index is 13.7. The molecule has 2 heterocycles. The van der Waals surface area contributed by atoms with Gasteiger partial charge in [0.2, 0.25) is 11.8 Å². The van der Waals surface area contributed by atoms with Gasteiger partial charge < -0.3 is 14.5 Å². The average Bonchev–Trinajstić information content (AvgIpc) is 3.24. The molecule has 0 N–H and O–H groups in total. The van der Waals surface area contributed by atoms with E-state index < -0.39 is 42.2 Å². The molecule has 6 heteroatoms. The van der Waals surface area contributed by atoms with Crippen LogP contribution < -0.4 is 0 Å². The molecule has 30 heavy (non-hydrogen) atoms. The minimum absolute atomic E-state index is 0.0181. The van der Waals surface area contributed by atoms with Crippen LogP contribution in [-0.2, 0) is 25.5 Å². The molecular formula is C24H32N2O4. The van der Waals surface area contributed by atoms with Crippen molar-refractivity contribution in [2.45, 2.75) is 83.0 Å². The van der Waals surface area contributed by atoms with E-state index in [0.717, 1.165) is 25.7 Å². The highest BCUT2D eigenvalue weighted by atomic mass is 16.5. The number of ether oxygens (including phenoxy) is 1. The molecule has 0 radical (unpaired) electrons. The molecule has 2 saturated heterocycles. The van der Waals surface area contributed by atoms with Crippen LogP contribution in [0.15, 0.2) is 30.2 Å². The average molecular weight is 418 g/mol. The first-order valence-electron chi connectivity index (χ1n) is 13.5. The summed E-state index contributed by atoms with van der Waals surface area (Å²) in [5.41, 5.74) is 0.0715. The molecule has 1 aromatic rings. The Morgan fingerprint density at radius 2 is 1.93 bits per heavy atom. The summed E-state index contributed by atoms with van der Waals surface area (Å²) < 4.78 is 45.2. The van der Waals surface area contributed by atoms with Crippen LogP contribution in [0, 0.1) is 5.92 Å². The van der Waals surface area contributed by atoms with E-state index in [0.29, 0.717) is 12.3 Å². The molecule has 2 amide bonds. The van der Waals surface area contributed by atoms with Gasteiger partial charge in [-0.3, -0.25) is 9.59 Å². The molecule has 3 aliphatic rings. The SMILES string of the molecule is [2H]c1c([2H])c([2H])c(CC[C@@H](C(=O)OCC)N2C(=O)[C@@H]3C[C@H]4CCCC[C@@H]4N3C(=O)[C@@H]2C)c([2H])c1[2H]. The van der Waals surface area contributed by atoms with Crippen molar-refractivity contribution in [1.29, 1.82) is 0 Å². The molecule has 3 fully saturated rings. The second-order valence-electron chi connectivity index (χ2n) is 8.44. The Balaban J connectivity index is 1.64. The summed E-state index contributed by atoms with van der Waals surface area (Å²) in [6.45, 7) is 3.37. The summed E-state index contributed by atoms with van der Waals surface area (Å²) in [5.74, 6) is -0.802. The maximum Gasteiger partial charge on any atom is 0.328 e. The Kier molecular flexibility index (Phi) is 4.52. The van der Waals surface area contributed by atoms with E-state index >= 15 is 0 Å². The van der Waals surface area contributed by atoms with E-state index in [1.807, 2.05) is 0 Å². The molecule has 0 unspecified atom stereocenters. The summed E-state index contributed by atoms with van der Waals surface area (Å²) in [6, 6.07) is -4.52. The van der Waals surface area contributed by atoms with Crippen molar-refractivity contribution in [3.05, 3.63) is 35.8 Å². The molecule has 1 saturated carbocycles. The Bertz CT molecular complexity index is 1020. The van der Waals surface area contributed by atoms with Crippen molar-refractivity contribution in [1.82, 2.24) is 9.80 Å². The van der Waals surface area contributed by atoms with Gasteiger partial charge in [-0.2, -0.15) is 0 Å². The van der Waals surface area contributed by atoms with Gasteiger partial charge in [0.25, 0.3) is 0 Å². The van der Waals surface area contributed by atoms with Gasteiger partial charge in [-0.05, 0) is 57.4 Å². The zero-order valence-electron chi connectivity index (χ0n) is 22.6. The summed E-state index contributed by atoms with van der Waals surface area (Å²) in [7, 11) is 0. The quantitative estimate of drug-likeness (QED) is 0.668. The van der Waals surface area contributed by atoms with Crippen LogP contribution >= 0.6 is 0 Å². The maximum atomic E-state index is 13.7. The summed E-state index contributed by atoms with van der Waals surface area (Å²) in [6.07, 6.45) is 4.55. The van der Waals surface area contributed by atoms with Gasteiger partial charge in [-0.15, -0.1) is 0 Å². The van der Waals surface area contributed by atoms with E-state index in [2.05, 4.69) is 0 Å². The van der Waals surface area contributed by atoms with E-state index in [4.69, 9.17) is 11.6 Å². The lowest BCUT2D eigenvalue weighted by Crippen LogP contribution is -2.67. The predicted octanol–water partition coefficient (Wildman–Crippen LogP) is 2.94. The predicted molar refractivity (Wildman–Crippen MR) is 112 cm³/mol. The minimum atomic E-state index is -1.09. The van der Waals surface area contributed by atoms with Gasteiger partial charge in [0.15, 0.2) is 0 Å². The van der Waals surface area contributed by atoms with Crippen LogP contribution in [-0.4, -0.2) is 58.4 Å². The monoisotopic (exact) mass is 417 g/mol. The molecule has 162 valence electrons.